The molecule has 9 heteroatoms. The Labute approximate surface area is 117 Å². The number of rotatable bonds is 3. The Balaban J connectivity index is 2.34. The van der Waals surface area contributed by atoms with Gasteiger partial charge in [-0.2, -0.15) is 18.2 Å². The van der Waals surface area contributed by atoms with Crippen LogP contribution >= 0.6 is 0 Å². The third kappa shape index (κ3) is 3.57. The quantitative estimate of drug-likeness (QED) is 0.666. The van der Waals surface area contributed by atoms with Crippen molar-refractivity contribution in [3.8, 4) is 5.69 Å². The molecule has 0 radical (unpaired) electrons. The van der Waals surface area contributed by atoms with E-state index >= 15 is 0 Å². The molecule has 0 aliphatic carbocycles. The fourth-order valence-electron chi connectivity index (χ4n) is 1.86. The van der Waals surface area contributed by atoms with Crippen molar-refractivity contribution < 1.29 is 13.2 Å². The van der Waals surface area contributed by atoms with Crippen LogP contribution in [0.1, 0.15) is 11.1 Å². The second kappa shape index (κ2) is 5.52. The van der Waals surface area contributed by atoms with Crippen LogP contribution in [0.4, 0.5) is 19.1 Å². The number of benzene rings is 1. The minimum absolute atomic E-state index is 0.459. The number of halogens is 3. The molecular formula is C12H12F3N5O. The van der Waals surface area contributed by atoms with Gasteiger partial charge in [0.15, 0.2) is 0 Å². The summed E-state index contributed by atoms with van der Waals surface area (Å²) in [5.41, 5.74) is 4.29. The van der Waals surface area contributed by atoms with Gasteiger partial charge in [0.05, 0.1) is 5.69 Å². The number of aromatic nitrogens is 3. The van der Waals surface area contributed by atoms with Crippen molar-refractivity contribution in [1.82, 2.24) is 20.0 Å². The number of hydrogen-bond donors (Lipinski definition) is 2. The van der Waals surface area contributed by atoms with Crippen molar-refractivity contribution in [2.24, 2.45) is 0 Å². The van der Waals surface area contributed by atoms with Crippen LogP contribution < -0.4 is 16.5 Å². The first-order valence-electron chi connectivity index (χ1n) is 5.90. The molecule has 0 amide bonds. The van der Waals surface area contributed by atoms with E-state index in [4.69, 9.17) is 0 Å². The Bertz CT molecular complexity index is 691. The maximum Gasteiger partial charge on any atom is 0.474 e. The molecule has 2 aromatic rings. The van der Waals surface area contributed by atoms with E-state index in [0.717, 1.165) is 22.9 Å². The Morgan fingerprint density at radius 2 is 1.81 bits per heavy atom. The normalized spacial score (nSPS) is 11.5. The largest absolute Gasteiger partial charge is 0.474 e. The highest BCUT2D eigenvalue weighted by Gasteiger charge is 2.27. The molecule has 1 aromatic carbocycles. The zero-order valence-corrected chi connectivity index (χ0v) is 11.2. The zero-order chi connectivity index (χ0) is 15.6. The molecule has 0 atom stereocenters. The summed E-state index contributed by atoms with van der Waals surface area (Å²) in [6, 6.07) is 5.46. The molecular weight excluding hydrogens is 287 g/mol. The molecule has 0 fully saturated rings. The summed E-state index contributed by atoms with van der Waals surface area (Å²) in [5, 5.41) is 0. The van der Waals surface area contributed by atoms with Crippen LogP contribution in [0.25, 0.3) is 5.69 Å². The van der Waals surface area contributed by atoms with Gasteiger partial charge in [-0.1, -0.05) is 18.2 Å². The maximum atomic E-state index is 12.0. The van der Waals surface area contributed by atoms with E-state index in [0.29, 0.717) is 5.69 Å². The lowest BCUT2D eigenvalue weighted by Crippen LogP contribution is -2.38. The molecule has 1 aromatic heterocycles. The Morgan fingerprint density at radius 3 is 2.33 bits per heavy atom. The summed E-state index contributed by atoms with van der Waals surface area (Å²) in [7, 11) is 0. The van der Waals surface area contributed by atoms with Crippen molar-refractivity contribution in [1.29, 1.82) is 0 Å². The highest BCUT2D eigenvalue weighted by atomic mass is 19.4. The first kappa shape index (κ1) is 15.0. The standard InChI is InChI=1S/C12H12F3N5O/c1-7-4-3-5-8(2)9(7)20-6-16-10(17-11(20)21)18-19-12(13,14)15/h3-6,19H,1-2H3,(H,17,18,21). The molecule has 0 saturated heterocycles. The minimum atomic E-state index is -4.65. The molecule has 0 unspecified atom stereocenters. The maximum absolute atomic E-state index is 12.0. The lowest BCUT2D eigenvalue weighted by molar-refractivity contribution is -0.151. The lowest BCUT2D eigenvalue weighted by atomic mass is 10.1. The number of aryl methyl sites for hydroxylation is 2. The summed E-state index contributed by atoms with van der Waals surface area (Å²) in [6.07, 6.45) is -3.52. The molecule has 112 valence electrons. The Hall–Kier alpha value is -2.42. The van der Waals surface area contributed by atoms with Gasteiger partial charge in [0.25, 0.3) is 0 Å². The van der Waals surface area contributed by atoms with E-state index in [9.17, 15) is 18.0 Å². The topological polar surface area (TPSA) is 71.8 Å². The average molecular weight is 299 g/mol. The van der Waals surface area contributed by atoms with Crippen LogP contribution in [0, 0.1) is 13.8 Å². The van der Waals surface area contributed by atoms with E-state index < -0.39 is 17.9 Å². The number of anilines is 1. The highest BCUT2D eigenvalue weighted by molar-refractivity contribution is 5.46. The van der Waals surface area contributed by atoms with Crippen LogP contribution in [0.15, 0.2) is 29.3 Å². The third-order valence-electron chi connectivity index (χ3n) is 2.70. The zero-order valence-electron chi connectivity index (χ0n) is 11.2. The van der Waals surface area contributed by atoms with Crippen molar-refractivity contribution in [3.63, 3.8) is 0 Å². The Morgan fingerprint density at radius 1 is 1.19 bits per heavy atom. The first-order chi connectivity index (χ1) is 9.78. The highest BCUT2D eigenvalue weighted by Crippen LogP contribution is 2.16. The second-order valence-corrected chi connectivity index (χ2v) is 4.32. The van der Waals surface area contributed by atoms with Crippen molar-refractivity contribution in [2.75, 3.05) is 5.43 Å². The number of nitrogens with one attached hydrogen (secondary N) is 2. The van der Waals surface area contributed by atoms with Crippen LogP contribution in [0.3, 0.4) is 0 Å². The molecule has 0 aliphatic rings. The van der Waals surface area contributed by atoms with Gasteiger partial charge in [-0.15, -0.1) is 5.43 Å². The smallest absolute Gasteiger partial charge is 0.282 e. The molecule has 2 rings (SSSR count). The van der Waals surface area contributed by atoms with Crippen LogP contribution in [-0.2, 0) is 0 Å². The van der Waals surface area contributed by atoms with Gasteiger partial charge < -0.3 is 0 Å². The van der Waals surface area contributed by atoms with Gasteiger partial charge in [0.1, 0.15) is 6.33 Å². The van der Waals surface area contributed by atoms with Crippen molar-refractivity contribution >= 4 is 5.95 Å². The van der Waals surface area contributed by atoms with Crippen LogP contribution in [-0.4, -0.2) is 20.8 Å². The van der Waals surface area contributed by atoms with E-state index in [1.54, 1.807) is 5.43 Å². The van der Waals surface area contributed by atoms with Crippen molar-refractivity contribution in [2.45, 2.75) is 20.1 Å². The van der Waals surface area contributed by atoms with E-state index in [1.807, 2.05) is 32.0 Å². The SMILES string of the molecule is Cc1cccc(C)c1-n1cnc(NNC(F)(F)F)nc1=O. The second-order valence-electron chi connectivity index (χ2n) is 4.32. The average Bonchev–Trinajstić information content (AvgIpc) is 2.37. The van der Waals surface area contributed by atoms with Gasteiger partial charge in [-0.25, -0.2) is 9.78 Å². The van der Waals surface area contributed by atoms with Gasteiger partial charge in [0.2, 0.25) is 5.95 Å². The van der Waals surface area contributed by atoms with E-state index in [1.165, 1.54) is 4.57 Å². The number of hydrogen-bond acceptors (Lipinski definition) is 5. The van der Waals surface area contributed by atoms with Crippen molar-refractivity contribution in [3.05, 3.63) is 46.1 Å². The summed E-state index contributed by atoms with van der Waals surface area (Å²) >= 11 is 0. The molecule has 2 N–H and O–H groups in total. The molecule has 6 nitrogen and oxygen atoms in total. The minimum Gasteiger partial charge on any atom is -0.282 e. The summed E-state index contributed by atoms with van der Waals surface area (Å²) in [5.74, 6) is -0.459. The predicted octanol–water partition coefficient (Wildman–Crippen LogP) is 1.68. The monoisotopic (exact) mass is 299 g/mol. The van der Waals surface area contributed by atoms with Crippen LogP contribution in [0.2, 0.25) is 0 Å². The lowest BCUT2D eigenvalue weighted by Gasteiger charge is -2.13. The summed E-state index contributed by atoms with van der Waals surface area (Å²) < 4.78 is 37.1. The molecule has 0 spiro atoms. The van der Waals surface area contributed by atoms with Gasteiger partial charge in [0, 0.05) is 0 Å². The summed E-state index contributed by atoms with van der Waals surface area (Å²) in [4.78, 5) is 19.1. The third-order valence-corrected chi connectivity index (χ3v) is 2.70. The number of nitrogens with zero attached hydrogens (tertiary/aromatic N) is 3. The number of alkyl halides is 3. The van der Waals surface area contributed by atoms with Crippen LogP contribution in [0.5, 0.6) is 0 Å². The Kier molecular flexibility index (Phi) is 3.94. The fraction of sp³-hybridized carbons (Fsp3) is 0.250. The molecule has 0 aliphatic heterocycles. The van der Waals surface area contributed by atoms with E-state index in [2.05, 4.69) is 9.97 Å². The molecule has 0 bridgehead atoms. The summed E-state index contributed by atoms with van der Waals surface area (Å²) in [6.45, 7) is 3.62. The number of para-hydroxylation sites is 1. The molecule has 21 heavy (non-hydrogen) atoms. The van der Waals surface area contributed by atoms with Gasteiger partial charge >= 0.3 is 12.0 Å². The van der Waals surface area contributed by atoms with Gasteiger partial charge in [-0.05, 0) is 25.0 Å². The predicted molar refractivity (Wildman–Crippen MR) is 69.9 cm³/mol. The molecule has 0 saturated carbocycles. The molecule has 1 heterocycles. The first-order valence-corrected chi connectivity index (χ1v) is 5.90. The van der Waals surface area contributed by atoms with Gasteiger partial charge in [-0.3, -0.25) is 9.99 Å². The number of hydrazine groups is 1. The fourth-order valence-corrected chi connectivity index (χ4v) is 1.86. The van der Waals surface area contributed by atoms with E-state index in [-0.39, 0.29) is 0 Å².